The van der Waals surface area contributed by atoms with Gasteiger partial charge in [-0.2, -0.15) is 0 Å². The highest BCUT2D eigenvalue weighted by Gasteiger charge is 2.20. The first-order valence-electron chi connectivity index (χ1n) is 7.22. The predicted molar refractivity (Wildman–Crippen MR) is 81.4 cm³/mol. The van der Waals surface area contributed by atoms with Crippen LogP contribution in [0.25, 0.3) is 0 Å². The number of likely N-dealkylation sites (N-methyl/N-ethyl adjacent to an activating group) is 1. The summed E-state index contributed by atoms with van der Waals surface area (Å²) < 4.78 is 0. The molecule has 0 radical (unpaired) electrons. The van der Waals surface area contributed by atoms with E-state index in [0.717, 1.165) is 12.3 Å². The summed E-state index contributed by atoms with van der Waals surface area (Å²) in [4.78, 5) is 6.04. The second-order valence-corrected chi connectivity index (χ2v) is 6.47. The standard InChI is InChI=1S/C15H28N2S/c1-6-8-13(9-7-2)14(16-5)10-15-17-11(3)12(4)18-15/h13-14,16H,6-10H2,1-5H3. The number of hydrogen-bond acceptors (Lipinski definition) is 3. The molecule has 0 saturated carbocycles. The van der Waals surface area contributed by atoms with Gasteiger partial charge in [-0.1, -0.05) is 26.7 Å². The number of nitrogens with zero attached hydrogens (tertiary/aromatic N) is 1. The Bertz CT molecular complexity index is 321. The predicted octanol–water partition coefficient (Wildman–Crippen LogP) is 4.11. The quantitative estimate of drug-likeness (QED) is 0.767. The summed E-state index contributed by atoms with van der Waals surface area (Å²) in [6.45, 7) is 8.85. The van der Waals surface area contributed by atoms with Crippen LogP contribution in [0.4, 0.5) is 0 Å². The zero-order chi connectivity index (χ0) is 13.5. The molecule has 0 bridgehead atoms. The van der Waals surface area contributed by atoms with Crippen LogP contribution in [0.1, 0.15) is 55.1 Å². The van der Waals surface area contributed by atoms with Gasteiger partial charge in [0.25, 0.3) is 0 Å². The Balaban J connectivity index is 2.69. The molecule has 0 spiro atoms. The molecular formula is C15H28N2S. The summed E-state index contributed by atoms with van der Waals surface area (Å²) in [7, 11) is 2.09. The second kappa shape index (κ2) is 7.90. The van der Waals surface area contributed by atoms with Crippen LogP contribution >= 0.6 is 11.3 Å². The van der Waals surface area contributed by atoms with Gasteiger partial charge in [-0.05, 0) is 39.7 Å². The van der Waals surface area contributed by atoms with E-state index in [1.807, 2.05) is 11.3 Å². The van der Waals surface area contributed by atoms with Crippen LogP contribution in [0.15, 0.2) is 0 Å². The normalized spacial score (nSPS) is 13.2. The van der Waals surface area contributed by atoms with E-state index in [0.29, 0.717) is 6.04 Å². The summed E-state index contributed by atoms with van der Waals surface area (Å²) in [5.41, 5.74) is 1.20. The van der Waals surface area contributed by atoms with Crippen molar-refractivity contribution in [3.63, 3.8) is 0 Å². The highest BCUT2D eigenvalue weighted by Crippen LogP contribution is 2.24. The molecule has 2 nitrogen and oxygen atoms in total. The Hall–Kier alpha value is -0.410. The number of nitrogens with one attached hydrogen (secondary N) is 1. The molecule has 0 amide bonds. The van der Waals surface area contributed by atoms with Crippen molar-refractivity contribution < 1.29 is 0 Å². The molecule has 1 rings (SSSR count). The van der Waals surface area contributed by atoms with E-state index in [-0.39, 0.29) is 0 Å². The van der Waals surface area contributed by atoms with Gasteiger partial charge in [0.15, 0.2) is 0 Å². The molecule has 0 aliphatic carbocycles. The highest BCUT2D eigenvalue weighted by molar-refractivity contribution is 7.11. The second-order valence-electron chi connectivity index (χ2n) is 5.19. The molecule has 1 heterocycles. The monoisotopic (exact) mass is 268 g/mol. The molecular weight excluding hydrogens is 240 g/mol. The maximum atomic E-state index is 4.68. The van der Waals surface area contributed by atoms with E-state index in [4.69, 9.17) is 0 Å². The molecule has 0 saturated heterocycles. The first kappa shape index (κ1) is 15.6. The van der Waals surface area contributed by atoms with Crippen molar-refractivity contribution in [2.24, 2.45) is 5.92 Å². The molecule has 1 N–H and O–H groups in total. The van der Waals surface area contributed by atoms with E-state index in [1.165, 1.54) is 41.3 Å². The molecule has 104 valence electrons. The van der Waals surface area contributed by atoms with E-state index < -0.39 is 0 Å². The first-order valence-corrected chi connectivity index (χ1v) is 8.04. The minimum absolute atomic E-state index is 0.579. The topological polar surface area (TPSA) is 24.9 Å². The summed E-state index contributed by atoms with van der Waals surface area (Å²) in [6, 6.07) is 0.579. The van der Waals surface area contributed by atoms with Gasteiger partial charge in [0.2, 0.25) is 0 Å². The Morgan fingerprint density at radius 3 is 2.17 bits per heavy atom. The summed E-state index contributed by atoms with van der Waals surface area (Å²) in [6.07, 6.45) is 6.28. The van der Waals surface area contributed by atoms with Crippen LogP contribution in [0, 0.1) is 19.8 Å². The lowest BCUT2D eigenvalue weighted by molar-refractivity contribution is 0.322. The number of hydrogen-bond donors (Lipinski definition) is 1. The van der Waals surface area contributed by atoms with Crippen LogP contribution in [0.5, 0.6) is 0 Å². The van der Waals surface area contributed by atoms with Crippen molar-refractivity contribution >= 4 is 11.3 Å². The lowest BCUT2D eigenvalue weighted by atomic mass is 9.89. The Labute approximate surface area is 116 Å². The number of aryl methyl sites for hydroxylation is 2. The van der Waals surface area contributed by atoms with E-state index in [2.05, 4.69) is 45.0 Å². The van der Waals surface area contributed by atoms with Crippen LogP contribution in [-0.2, 0) is 6.42 Å². The van der Waals surface area contributed by atoms with Crippen molar-refractivity contribution in [3.8, 4) is 0 Å². The summed E-state index contributed by atoms with van der Waals surface area (Å²) in [5, 5.41) is 4.81. The average Bonchev–Trinajstić information content (AvgIpc) is 2.65. The third-order valence-corrected chi connectivity index (χ3v) is 4.82. The van der Waals surface area contributed by atoms with Crippen LogP contribution < -0.4 is 5.32 Å². The van der Waals surface area contributed by atoms with Crippen LogP contribution in [0.3, 0.4) is 0 Å². The maximum Gasteiger partial charge on any atom is 0.0946 e. The fourth-order valence-electron chi connectivity index (χ4n) is 2.61. The summed E-state index contributed by atoms with van der Waals surface area (Å²) >= 11 is 1.86. The third kappa shape index (κ3) is 4.36. The minimum Gasteiger partial charge on any atom is -0.316 e. The van der Waals surface area contributed by atoms with Crippen molar-refractivity contribution in [1.82, 2.24) is 10.3 Å². The van der Waals surface area contributed by atoms with E-state index >= 15 is 0 Å². The highest BCUT2D eigenvalue weighted by atomic mass is 32.1. The lowest BCUT2D eigenvalue weighted by Gasteiger charge is -2.25. The van der Waals surface area contributed by atoms with Gasteiger partial charge >= 0.3 is 0 Å². The molecule has 0 aliphatic heterocycles. The molecule has 18 heavy (non-hydrogen) atoms. The number of thiazole rings is 1. The molecule has 0 aromatic carbocycles. The van der Waals surface area contributed by atoms with E-state index in [1.54, 1.807) is 0 Å². The molecule has 1 unspecified atom stereocenters. The molecule has 1 aromatic rings. The maximum absolute atomic E-state index is 4.68. The largest absolute Gasteiger partial charge is 0.316 e. The third-order valence-electron chi connectivity index (χ3n) is 3.73. The number of rotatable bonds is 8. The fourth-order valence-corrected chi connectivity index (χ4v) is 3.60. The van der Waals surface area contributed by atoms with Gasteiger partial charge in [-0.3, -0.25) is 0 Å². The Morgan fingerprint density at radius 2 is 1.78 bits per heavy atom. The van der Waals surface area contributed by atoms with Crippen LogP contribution in [0.2, 0.25) is 0 Å². The average molecular weight is 268 g/mol. The van der Waals surface area contributed by atoms with Gasteiger partial charge in [-0.25, -0.2) is 4.98 Å². The molecule has 1 atom stereocenters. The molecule has 0 aliphatic rings. The fraction of sp³-hybridized carbons (Fsp3) is 0.800. The Morgan fingerprint density at radius 1 is 1.17 bits per heavy atom. The van der Waals surface area contributed by atoms with Crippen molar-refractivity contribution in [1.29, 1.82) is 0 Å². The van der Waals surface area contributed by atoms with Gasteiger partial charge in [-0.15, -0.1) is 11.3 Å². The van der Waals surface area contributed by atoms with Crippen molar-refractivity contribution in [2.75, 3.05) is 7.05 Å². The summed E-state index contributed by atoms with van der Waals surface area (Å²) in [5.74, 6) is 0.787. The smallest absolute Gasteiger partial charge is 0.0946 e. The lowest BCUT2D eigenvalue weighted by Crippen LogP contribution is -2.35. The molecule has 0 fully saturated rings. The Kier molecular flexibility index (Phi) is 6.87. The van der Waals surface area contributed by atoms with Gasteiger partial charge in [0, 0.05) is 17.3 Å². The zero-order valence-electron chi connectivity index (χ0n) is 12.5. The van der Waals surface area contributed by atoms with Gasteiger partial charge < -0.3 is 5.32 Å². The SMILES string of the molecule is CCCC(CCC)C(Cc1nc(C)c(C)s1)NC. The first-order chi connectivity index (χ1) is 8.62. The van der Waals surface area contributed by atoms with Crippen molar-refractivity contribution in [3.05, 3.63) is 15.6 Å². The zero-order valence-corrected chi connectivity index (χ0v) is 13.4. The number of aromatic nitrogens is 1. The minimum atomic E-state index is 0.579. The van der Waals surface area contributed by atoms with E-state index in [9.17, 15) is 0 Å². The molecule has 3 heteroatoms. The van der Waals surface area contributed by atoms with Gasteiger partial charge in [0.05, 0.1) is 10.7 Å². The molecule has 1 aromatic heterocycles. The van der Waals surface area contributed by atoms with Crippen LogP contribution in [-0.4, -0.2) is 18.1 Å². The van der Waals surface area contributed by atoms with Crippen molar-refractivity contribution in [2.45, 2.75) is 65.8 Å². The van der Waals surface area contributed by atoms with Gasteiger partial charge in [0.1, 0.15) is 0 Å².